The molecule has 1 heterocycles. The van der Waals surface area contributed by atoms with Crippen LogP contribution >= 0.6 is 15.9 Å². The lowest BCUT2D eigenvalue weighted by Crippen LogP contribution is -2.17. The number of halogens is 1. The average Bonchev–Trinajstić information content (AvgIpc) is 3.07. The highest BCUT2D eigenvalue weighted by Gasteiger charge is 2.26. The van der Waals surface area contributed by atoms with Crippen molar-refractivity contribution in [2.75, 3.05) is 7.05 Å². The van der Waals surface area contributed by atoms with Crippen LogP contribution in [0.2, 0.25) is 0 Å². The Labute approximate surface area is 113 Å². The van der Waals surface area contributed by atoms with Crippen LogP contribution in [0.5, 0.6) is 0 Å². The van der Waals surface area contributed by atoms with Gasteiger partial charge in [-0.05, 0) is 37.1 Å². The molecule has 2 aromatic rings. The normalized spacial score (nSPS) is 17.2. The molecule has 18 heavy (non-hydrogen) atoms. The quantitative estimate of drug-likeness (QED) is 0.813. The summed E-state index contributed by atoms with van der Waals surface area (Å²) in [5.41, 5.74) is 2.77. The second kappa shape index (κ2) is 4.55. The molecule has 0 amide bonds. The van der Waals surface area contributed by atoms with Crippen molar-refractivity contribution in [1.29, 1.82) is 0 Å². The molecule has 1 atom stereocenters. The fourth-order valence-electron chi connectivity index (χ4n) is 2.43. The van der Waals surface area contributed by atoms with Crippen LogP contribution in [0.1, 0.15) is 30.9 Å². The van der Waals surface area contributed by atoms with Crippen molar-refractivity contribution >= 4 is 27.0 Å². The second-order valence-corrected chi connectivity index (χ2v) is 5.87. The smallest absolute Gasteiger partial charge is 0.313 e. The van der Waals surface area contributed by atoms with Gasteiger partial charge in [0.15, 0.2) is 0 Å². The van der Waals surface area contributed by atoms with E-state index in [2.05, 4.69) is 37.3 Å². The Balaban J connectivity index is 2.02. The van der Waals surface area contributed by atoms with Crippen LogP contribution in [0.3, 0.4) is 0 Å². The minimum atomic E-state index is -0.155. The predicted molar refractivity (Wildman–Crippen MR) is 75.8 cm³/mol. The molecule has 1 aliphatic carbocycles. The van der Waals surface area contributed by atoms with Crippen molar-refractivity contribution in [2.24, 2.45) is 5.92 Å². The Morgan fingerprint density at radius 1 is 1.39 bits per heavy atom. The molecule has 3 rings (SSSR count). The van der Waals surface area contributed by atoms with E-state index < -0.39 is 0 Å². The molecule has 1 aliphatic rings. The zero-order valence-electron chi connectivity index (χ0n) is 10.2. The lowest BCUT2D eigenvalue weighted by Gasteiger charge is -2.18. The topological polar surface area (TPSA) is 60.7 Å². The minimum absolute atomic E-state index is 0.155. The number of aromatic nitrogens is 2. The van der Waals surface area contributed by atoms with Gasteiger partial charge in [-0.15, -0.1) is 0 Å². The summed E-state index contributed by atoms with van der Waals surface area (Å²) >= 11 is 3.60. The first kappa shape index (κ1) is 12.0. The molecule has 96 valence electrons. The fraction of sp³-hybridized carbons (Fsp3) is 0.462. The number of hydrogen-bond donors (Lipinski definition) is 3. The zero-order chi connectivity index (χ0) is 12.7. The number of imidazole rings is 1. The monoisotopic (exact) mass is 309 g/mol. The van der Waals surface area contributed by atoms with Gasteiger partial charge in [0, 0.05) is 10.5 Å². The predicted octanol–water partition coefficient (Wildman–Crippen LogP) is 2.68. The lowest BCUT2D eigenvalue weighted by atomic mass is 10.0. The van der Waals surface area contributed by atoms with E-state index in [0.717, 1.165) is 27.8 Å². The molecule has 1 saturated carbocycles. The SMILES string of the molecule is CNC(CC1CC1)c1cc2[nH]c(=O)[nH]c2cc1Br. The lowest BCUT2D eigenvalue weighted by molar-refractivity contribution is 0.513. The minimum Gasteiger partial charge on any atom is -0.313 e. The van der Waals surface area contributed by atoms with E-state index in [1.165, 1.54) is 18.4 Å². The van der Waals surface area contributed by atoms with Gasteiger partial charge in [0.2, 0.25) is 0 Å². The third-order valence-corrected chi connectivity index (χ3v) is 4.31. The number of hydrogen-bond acceptors (Lipinski definition) is 2. The van der Waals surface area contributed by atoms with E-state index in [1.807, 2.05) is 13.1 Å². The number of fused-ring (bicyclic) bond motifs is 1. The van der Waals surface area contributed by atoms with Gasteiger partial charge >= 0.3 is 5.69 Å². The highest BCUT2D eigenvalue weighted by molar-refractivity contribution is 9.10. The summed E-state index contributed by atoms with van der Waals surface area (Å²) in [6.45, 7) is 0. The van der Waals surface area contributed by atoms with Crippen molar-refractivity contribution in [3.8, 4) is 0 Å². The standard InChI is InChI=1S/C13H16BrN3O/c1-15-10(4-7-2-3-7)8-5-11-12(6-9(8)14)17-13(18)16-11/h5-7,10,15H,2-4H2,1H3,(H2,16,17,18). The Morgan fingerprint density at radius 2 is 2.06 bits per heavy atom. The van der Waals surface area contributed by atoms with Crippen molar-refractivity contribution in [2.45, 2.75) is 25.3 Å². The number of H-pyrrole nitrogens is 2. The van der Waals surface area contributed by atoms with Crippen molar-refractivity contribution < 1.29 is 0 Å². The van der Waals surface area contributed by atoms with E-state index in [0.29, 0.717) is 6.04 Å². The van der Waals surface area contributed by atoms with Crippen molar-refractivity contribution in [1.82, 2.24) is 15.3 Å². The molecule has 1 fully saturated rings. The van der Waals surface area contributed by atoms with E-state index in [-0.39, 0.29) is 5.69 Å². The maximum atomic E-state index is 11.3. The number of nitrogens with one attached hydrogen (secondary N) is 3. The van der Waals surface area contributed by atoms with E-state index >= 15 is 0 Å². The molecule has 5 heteroatoms. The number of aromatic amines is 2. The van der Waals surface area contributed by atoms with Gasteiger partial charge < -0.3 is 15.3 Å². The van der Waals surface area contributed by atoms with Crippen LogP contribution in [-0.2, 0) is 0 Å². The number of benzene rings is 1. The molecule has 0 aliphatic heterocycles. The zero-order valence-corrected chi connectivity index (χ0v) is 11.8. The Morgan fingerprint density at radius 3 is 2.67 bits per heavy atom. The van der Waals surface area contributed by atoms with Crippen LogP contribution in [0.15, 0.2) is 21.4 Å². The summed E-state index contributed by atoms with van der Waals surface area (Å²) in [4.78, 5) is 16.9. The van der Waals surface area contributed by atoms with Crippen molar-refractivity contribution in [3.05, 3.63) is 32.7 Å². The van der Waals surface area contributed by atoms with Gasteiger partial charge in [-0.1, -0.05) is 28.8 Å². The molecule has 0 spiro atoms. The highest BCUT2D eigenvalue weighted by atomic mass is 79.9. The third-order valence-electron chi connectivity index (χ3n) is 3.62. The summed E-state index contributed by atoms with van der Waals surface area (Å²) < 4.78 is 1.05. The molecule has 1 aromatic heterocycles. The first-order chi connectivity index (χ1) is 8.67. The largest absolute Gasteiger partial charge is 0.323 e. The molecular formula is C13H16BrN3O. The summed E-state index contributed by atoms with van der Waals surface area (Å²) in [7, 11) is 1.99. The van der Waals surface area contributed by atoms with Gasteiger partial charge in [0.1, 0.15) is 0 Å². The van der Waals surface area contributed by atoms with E-state index in [1.54, 1.807) is 0 Å². The average molecular weight is 310 g/mol. The Bertz CT molecular complexity index is 627. The first-order valence-electron chi connectivity index (χ1n) is 6.26. The summed E-state index contributed by atoms with van der Waals surface area (Å²) in [6.07, 6.45) is 3.85. The van der Waals surface area contributed by atoms with Gasteiger partial charge in [-0.2, -0.15) is 0 Å². The van der Waals surface area contributed by atoms with Crippen LogP contribution < -0.4 is 11.0 Å². The number of rotatable bonds is 4. The van der Waals surface area contributed by atoms with Gasteiger partial charge in [0.25, 0.3) is 0 Å². The third kappa shape index (κ3) is 2.24. The van der Waals surface area contributed by atoms with Gasteiger partial charge in [-0.3, -0.25) is 0 Å². The van der Waals surface area contributed by atoms with Crippen LogP contribution in [-0.4, -0.2) is 17.0 Å². The summed E-state index contributed by atoms with van der Waals surface area (Å²) in [5, 5.41) is 3.37. The molecule has 0 bridgehead atoms. The molecule has 1 unspecified atom stereocenters. The highest BCUT2D eigenvalue weighted by Crippen LogP contribution is 2.39. The summed E-state index contributed by atoms with van der Waals surface area (Å²) in [5.74, 6) is 0.857. The van der Waals surface area contributed by atoms with Crippen LogP contribution in [0.4, 0.5) is 0 Å². The van der Waals surface area contributed by atoms with E-state index in [9.17, 15) is 4.79 Å². The van der Waals surface area contributed by atoms with Gasteiger partial charge in [0.05, 0.1) is 11.0 Å². The molecular weight excluding hydrogens is 294 g/mol. The first-order valence-corrected chi connectivity index (χ1v) is 7.05. The molecule has 4 nitrogen and oxygen atoms in total. The van der Waals surface area contributed by atoms with Crippen LogP contribution in [0.25, 0.3) is 11.0 Å². The molecule has 0 saturated heterocycles. The Hall–Kier alpha value is -1.07. The maximum Gasteiger partial charge on any atom is 0.323 e. The molecule has 3 N–H and O–H groups in total. The van der Waals surface area contributed by atoms with Crippen molar-refractivity contribution in [3.63, 3.8) is 0 Å². The van der Waals surface area contributed by atoms with Gasteiger partial charge in [-0.25, -0.2) is 4.79 Å². The van der Waals surface area contributed by atoms with Crippen LogP contribution in [0, 0.1) is 5.92 Å². The second-order valence-electron chi connectivity index (χ2n) is 5.02. The molecule has 0 radical (unpaired) electrons. The molecule has 1 aromatic carbocycles. The fourth-order valence-corrected chi connectivity index (χ4v) is 3.05. The summed E-state index contributed by atoms with van der Waals surface area (Å²) in [6, 6.07) is 4.37. The van der Waals surface area contributed by atoms with E-state index in [4.69, 9.17) is 0 Å². The Kier molecular flexibility index (Phi) is 3.03. The maximum absolute atomic E-state index is 11.3.